The molecule has 2 heteroatoms. The molecular weight excluding hydrogens is 284 g/mol. The Balaban J connectivity index is 2.05. The quantitative estimate of drug-likeness (QED) is 0.544. The normalized spacial score (nSPS) is 11.1. The molecule has 23 heavy (non-hydrogen) atoms. The fourth-order valence-electron chi connectivity index (χ4n) is 2.08. The zero-order valence-electron chi connectivity index (χ0n) is 14.3. The summed E-state index contributed by atoms with van der Waals surface area (Å²) < 4.78 is 5.92. The van der Waals surface area contributed by atoms with E-state index >= 15 is 0 Å². The topological polar surface area (TPSA) is 26.3 Å². The first-order valence-corrected chi connectivity index (χ1v) is 7.82. The van der Waals surface area contributed by atoms with Crippen molar-refractivity contribution in [2.45, 2.75) is 39.7 Å². The zero-order valence-corrected chi connectivity index (χ0v) is 14.3. The van der Waals surface area contributed by atoms with Crippen molar-refractivity contribution in [3.8, 4) is 5.75 Å². The highest BCUT2D eigenvalue weighted by Gasteiger charge is 2.20. The van der Waals surface area contributed by atoms with Crippen LogP contribution in [0.4, 0.5) is 0 Å². The third kappa shape index (κ3) is 4.56. The molecule has 0 saturated carbocycles. The van der Waals surface area contributed by atoms with Gasteiger partial charge in [0.25, 0.3) is 0 Å². The first-order chi connectivity index (χ1) is 10.8. The third-order valence-corrected chi connectivity index (χ3v) is 4.06. The van der Waals surface area contributed by atoms with Crippen molar-refractivity contribution < 1.29 is 9.53 Å². The average molecular weight is 308 g/mol. The van der Waals surface area contributed by atoms with E-state index < -0.39 is 5.60 Å². The maximum Gasteiger partial charge on any atom is 0.167 e. The lowest BCUT2D eigenvalue weighted by Gasteiger charge is -2.26. The molecule has 0 bridgehead atoms. The number of carbonyl (C=O) groups is 1. The van der Waals surface area contributed by atoms with Crippen LogP contribution in [0.5, 0.6) is 5.75 Å². The summed E-state index contributed by atoms with van der Waals surface area (Å²) in [5.41, 5.74) is 3.46. The van der Waals surface area contributed by atoms with Gasteiger partial charge < -0.3 is 4.74 Å². The highest BCUT2D eigenvalue weighted by molar-refractivity contribution is 5.97. The Morgan fingerprint density at radius 1 is 1.04 bits per heavy atom. The van der Waals surface area contributed by atoms with Crippen LogP contribution < -0.4 is 4.74 Å². The molecule has 2 aromatic rings. The minimum atomic E-state index is -0.423. The lowest BCUT2D eigenvalue weighted by atomic mass is 10.0. The zero-order chi connectivity index (χ0) is 17.0. The van der Waals surface area contributed by atoms with Gasteiger partial charge in [-0.2, -0.15) is 0 Å². The van der Waals surface area contributed by atoms with E-state index in [0.717, 1.165) is 16.9 Å². The van der Waals surface area contributed by atoms with Crippen LogP contribution in [0.15, 0.2) is 60.7 Å². The van der Waals surface area contributed by atoms with Crippen LogP contribution in [0, 0.1) is 6.92 Å². The summed E-state index contributed by atoms with van der Waals surface area (Å²) in [4.78, 5) is 12.3. The fourth-order valence-corrected chi connectivity index (χ4v) is 2.08. The predicted molar refractivity (Wildman–Crippen MR) is 95.2 cm³/mol. The van der Waals surface area contributed by atoms with Gasteiger partial charge in [-0.25, -0.2) is 0 Å². The second-order valence-corrected chi connectivity index (χ2v) is 6.50. The minimum absolute atomic E-state index is 0.111. The van der Waals surface area contributed by atoms with Crippen molar-refractivity contribution in [3.63, 3.8) is 0 Å². The SMILES string of the molecule is C=C(C)C(C)(C)Oc1ccc(C(=O)Cc2ccc(C)cc2)cc1. The Morgan fingerprint density at radius 2 is 1.61 bits per heavy atom. The molecule has 0 aromatic heterocycles. The van der Waals surface area contributed by atoms with Gasteiger partial charge in [-0.05, 0) is 63.1 Å². The Labute approximate surface area is 138 Å². The summed E-state index contributed by atoms with van der Waals surface area (Å²) in [5, 5.41) is 0. The summed E-state index contributed by atoms with van der Waals surface area (Å²) in [6.45, 7) is 11.9. The van der Waals surface area contributed by atoms with Crippen LogP contribution in [0.2, 0.25) is 0 Å². The van der Waals surface area contributed by atoms with Gasteiger partial charge in [0, 0.05) is 12.0 Å². The Kier molecular flexibility index (Phi) is 5.05. The number of benzene rings is 2. The van der Waals surface area contributed by atoms with Crippen LogP contribution in [0.25, 0.3) is 0 Å². The van der Waals surface area contributed by atoms with Crippen molar-refractivity contribution in [3.05, 3.63) is 77.4 Å². The van der Waals surface area contributed by atoms with Gasteiger partial charge in [-0.15, -0.1) is 0 Å². The van der Waals surface area contributed by atoms with Crippen LogP contribution in [0.3, 0.4) is 0 Å². The van der Waals surface area contributed by atoms with Crippen LogP contribution >= 0.6 is 0 Å². The van der Waals surface area contributed by atoms with Gasteiger partial charge in [0.05, 0.1) is 0 Å². The number of ketones is 1. The molecule has 0 amide bonds. The van der Waals surface area contributed by atoms with Crippen molar-refractivity contribution in [1.29, 1.82) is 0 Å². The lowest BCUT2D eigenvalue weighted by Crippen LogP contribution is -2.29. The van der Waals surface area contributed by atoms with Gasteiger partial charge in [-0.1, -0.05) is 36.4 Å². The number of rotatable bonds is 6. The van der Waals surface area contributed by atoms with Gasteiger partial charge in [0.1, 0.15) is 11.4 Å². The molecule has 0 fully saturated rings. The molecule has 0 atom stereocenters. The highest BCUT2D eigenvalue weighted by Crippen LogP contribution is 2.24. The van der Waals surface area contributed by atoms with Gasteiger partial charge in [0.2, 0.25) is 0 Å². The molecular formula is C21H24O2. The Hall–Kier alpha value is -2.35. The van der Waals surface area contributed by atoms with Crippen molar-refractivity contribution in [2.24, 2.45) is 0 Å². The molecule has 2 rings (SSSR count). The van der Waals surface area contributed by atoms with E-state index in [4.69, 9.17) is 4.74 Å². The molecule has 2 aromatic carbocycles. The first-order valence-electron chi connectivity index (χ1n) is 7.82. The van der Waals surface area contributed by atoms with E-state index in [-0.39, 0.29) is 5.78 Å². The van der Waals surface area contributed by atoms with Crippen LogP contribution in [-0.2, 0) is 6.42 Å². The summed E-state index contributed by atoms with van der Waals surface area (Å²) in [5.74, 6) is 0.851. The largest absolute Gasteiger partial charge is 0.484 e. The Bertz CT molecular complexity index is 692. The second-order valence-electron chi connectivity index (χ2n) is 6.50. The standard InChI is InChI=1S/C21H24O2/c1-15(2)21(4,5)23-19-12-10-18(11-13-19)20(22)14-17-8-6-16(3)7-9-17/h6-13H,1,14H2,2-5H3. The molecule has 0 spiro atoms. The molecule has 0 saturated heterocycles. The van der Waals surface area contributed by atoms with E-state index in [2.05, 4.69) is 6.58 Å². The molecule has 0 unspecified atom stereocenters. The summed E-state index contributed by atoms with van der Waals surface area (Å²) in [6, 6.07) is 15.4. The number of hydrogen-bond acceptors (Lipinski definition) is 2. The summed E-state index contributed by atoms with van der Waals surface area (Å²) >= 11 is 0. The van der Waals surface area contributed by atoms with E-state index in [9.17, 15) is 4.79 Å². The molecule has 0 radical (unpaired) electrons. The molecule has 0 aliphatic heterocycles. The van der Waals surface area contributed by atoms with Gasteiger partial charge in [0.15, 0.2) is 5.78 Å². The molecule has 120 valence electrons. The number of aryl methyl sites for hydroxylation is 1. The summed E-state index contributed by atoms with van der Waals surface area (Å²) in [7, 11) is 0. The van der Waals surface area contributed by atoms with E-state index in [1.54, 1.807) is 0 Å². The van der Waals surface area contributed by atoms with Crippen LogP contribution in [-0.4, -0.2) is 11.4 Å². The fraction of sp³-hybridized carbons (Fsp3) is 0.286. The van der Waals surface area contributed by atoms with Crippen molar-refractivity contribution in [1.82, 2.24) is 0 Å². The van der Waals surface area contributed by atoms with Crippen molar-refractivity contribution in [2.75, 3.05) is 0 Å². The molecule has 0 aliphatic rings. The first kappa shape index (κ1) is 17.0. The van der Waals surface area contributed by atoms with Crippen molar-refractivity contribution >= 4 is 5.78 Å². The number of carbonyl (C=O) groups excluding carboxylic acids is 1. The second kappa shape index (κ2) is 6.82. The predicted octanol–water partition coefficient (Wildman–Crippen LogP) is 5.15. The maximum atomic E-state index is 12.3. The summed E-state index contributed by atoms with van der Waals surface area (Å²) in [6.07, 6.45) is 0.414. The monoisotopic (exact) mass is 308 g/mol. The van der Waals surface area contributed by atoms with E-state index in [1.165, 1.54) is 5.56 Å². The molecule has 0 heterocycles. The molecule has 2 nitrogen and oxygen atoms in total. The minimum Gasteiger partial charge on any atom is -0.484 e. The van der Waals surface area contributed by atoms with Gasteiger partial charge in [-0.3, -0.25) is 4.79 Å². The smallest absolute Gasteiger partial charge is 0.167 e. The number of hydrogen-bond donors (Lipinski definition) is 0. The third-order valence-electron chi connectivity index (χ3n) is 4.06. The van der Waals surface area contributed by atoms with Gasteiger partial charge >= 0.3 is 0 Å². The van der Waals surface area contributed by atoms with Crippen LogP contribution in [0.1, 0.15) is 42.3 Å². The lowest BCUT2D eigenvalue weighted by molar-refractivity contribution is 0.0993. The van der Waals surface area contributed by atoms with E-state index in [1.807, 2.05) is 76.2 Å². The average Bonchev–Trinajstić information content (AvgIpc) is 2.49. The number of Topliss-reactive ketones (excluding diaryl/α,β-unsaturated/α-hetero) is 1. The molecule has 0 N–H and O–H groups in total. The number of ether oxygens (including phenoxy) is 1. The van der Waals surface area contributed by atoms with E-state index in [0.29, 0.717) is 12.0 Å². The maximum absolute atomic E-state index is 12.3. The Morgan fingerprint density at radius 3 is 2.13 bits per heavy atom. The highest BCUT2D eigenvalue weighted by atomic mass is 16.5. The molecule has 0 aliphatic carbocycles.